The van der Waals surface area contributed by atoms with Crippen molar-refractivity contribution in [3.8, 4) is 0 Å². The van der Waals surface area contributed by atoms with E-state index in [1.54, 1.807) is 0 Å². The quantitative estimate of drug-likeness (QED) is 0.423. The summed E-state index contributed by atoms with van der Waals surface area (Å²) >= 11 is 0. The van der Waals surface area contributed by atoms with Crippen LogP contribution in [0.3, 0.4) is 0 Å². The Morgan fingerprint density at radius 3 is 2.30 bits per heavy atom. The maximum atomic E-state index is 6.24. The van der Waals surface area contributed by atoms with Crippen molar-refractivity contribution in [1.29, 1.82) is 0 Å². The minimum Gasteiger partial charge on any atom is -0.348 e. The van der Waals surface area contributed by atoms with Crippen LogP contribution in [0.1, 0.15) is 113 Å². The monoisotopic (exact) mass is 372 g/mol. The molecule has 2 fully saturated rings. The third-order valence-corrected chi connectivity index (χ3v) is 6.45. The summed E-state index contributed by atoms with van der Waals surface area (Å²) < 4.78 is 12.5. The Labute approximate surface area is 167 Å². The van der Waals surface area contributed by atoms with Crippen molar-refractivity contribution < 1.29 is 9.47 Å². The number of hydrogen-bond donors (Lipinski definition) is 0. The van der Waals surface area contributed by atoms with Crippen LogP contribution in [0.25, 0.3) is 0 Å². The third kappa shape index (κ3) is 6.06. The van der Waals surface area contributed by atoms with E-state index in [1.165, 1.54) is 93.7 Å². The molecule has 1 saturated heterocycles. The summed E-state index contributed by atoms with van der Waals surface area (Å²) in [6, 6.07) is 7.12. The molecule has 1 aromatic carbocycles. The Morgan fingerprint density at radius 2 is 1.59 bits per heavy atom. The molecular weight excluding hydrogens is 332 g/mol. The predicted octanol–water partition coefficient (Wildman–Crippen LogP) is 7.32. The first-order chi connectivity index (χ1) is 13.3. The zero-order valence-electron chi connectivity index (χ0n) is 17.7. The van der Waals surface area contributed by atoms with Crippen LogP contribution in [0.5, 0.6) is 0 Å². The first-order valence-corrected chi connectivity index (χ1v) is 11.7. The van der Waals surface area contributed by atoms with Crippen molar-refractivity contribution >= 4 is 0 Å². The van der Waals surface area contributed by atoms with E-state index >= 15 is 0 Å². The number of benzene rings is 1. The van der Waals surface area contributed by atoms with E-state index in [1.807, 2.05) is 0 Å². The van der Waals surface area contributed by atoms with E-state index in [4.69, 9.17) is 9.47 Å². The minimum absolute atomic E-state index is 0.149. The summed E-state index contributed by atoms with van der Waals surface area (Å²) in [4.78, 5) is 0. The molecule has 2 heteroatoms. The van der Waals surface area contributed by atoms with Crippen LogP contribution in [0.4, 0.5) is 0 Å². The zero-order valence-corrected chi connectivity index (χ0v) is 17.7. The third-order valence-electron chi connectivity index (χ3n) is 6.45. The van der Waals surface area contributed by atoms with E-state index < -0.39 is 0 Å². The molecule has 0 amide bonds. The van der Waals surface area contributed by atoms with Crippen LogP contribution < -0.4 is 0 Å². The Balaban J connectivity index is 1.68. The van der Waals surface area contributed by atoms with E-state index in [-0.39, 0.29) is 6.29 Å². The van der Waals surface area contributed by atoms with Crippen molar-refractivity contribution in [2.24, 2.45) is 5.92 Å². The van der Waals surface area contributed by atoms with Gasteiger partial charge < -0.3 is 9.47 Å². The number of aryl methyl sites for hydroxylation is 1. The summed E-state index contributed by atoms with van der Waals surface area (Å²) in [7, 11) is 0. The maximum Gasteiger partial charge on any atom is 0.184 e. The predicted molar refractivity (Wildman–Crippen MR) is 113 cm³/mol. The van der Waals surface area contributed by atoms with E-state index in [9.17, 15) is 0 Å². The summed E-state index contributed by atoms with van der Waals surface area (Å²) in [6.45, 7) is 6.25. The number of hydrogen-bond acceptors (Lipinski definition) is 2. The van der Waals surface area contributed by atoms with E-state index in [0.29, 0.717) is 11.8 Å². The van der Waals surface area contributed by atoms with Crippen LogP contribution in [0.15, 0.2) is 18.2 Å². The summed E-state index contributed by atoms with van der Waals surface area (Å²) in [5.41, 5.74) is 4.33. The molecule has 2 aliphatic rings. The summed E-state index contributed by atoms with van der Waals surface area (Å²) in [6.07, 6.45) is 15.5. The molecule has 0 radical (unpaired) electrons. The second-order valence-electron chi connectivity index (χ2n) is 8.76. The molecule has 1 aliphatic heterocycles. The molecule has 3 rings (SSSR count). The average Bonchev–Trinajstić information content (AvgIpc) is 2.73. The van der Waals surface area contributed by atoms with Crippen LogP contribution in [-0.2, 0) is 15.9 Å². The van der Waals surface area contributed by atoms with Gasteiger partial charge in [-0.2, -0.15) is 0 Å². The van der Waals surface area contributed by atoms with Crippen molar-refractivity contribution in [2.75, 3.05) is 13.2 Å². The van der Waals surface area contributed by atoms with Crippen LogP contribution in [0, 0.1) is 5.92 Å². The van der Waals surface area contributed by atoms with E-state index in [2.05, 4.69) is 32.0 Å². The lowest BCUT2D eigenvalue weighted by molar-refractivity contribution is -0.206. The van der Waals surface area contributed by atoms with Crippen molar-refractivity contribution in [2.45, 2.75) is 103 Å². The fraction of sp³-hybridized carbons (Fsp3) is 0.760. The Bertz CT molecular complexity index is 539. The SMILES string of the molecule is CCCCC[C@H]1CO[C@H](c2ccc(CCCC)cc2C2CCCCC2)OC1. The van der Waals surface area contributed by atoms with Gasteiger partial charge in [0, 0.05) is 11.5 Å². The molecule has 1 heterocycles. The van der Waals surface area contributed by atoms with Gasteiger partial charge in [-0.05, 0) is 49.1 Å². The van der Waals surface area contributed by atoms with Crippen LogP contribution in [0.2, 0.25) is 0 Å². The lowest BCUT2D eigenvalue weighted by atomic mass is 9.81. The van der Waals surface area contributed by atoms with Gasteiger partial charge in [0.1, 0.15) is 0 Å². The fourth-order valence-electron chi connectivity index (χ4n) is 4.71. The van der Waals surface area contributed by atoms with Gasteiger partial charge in [-0.1, -0.05) is 77.0 Å². The molecule has 0 spiro atoms. The molecule has 1 saturated carbocycles. The number of unbranched alkanes of at least 4 members (excludes halogenated alkanes) is 3. The van der Waals surface area contributed by atoms with Gasteiger partial charge in [0.05, 0.1) is 13.2 Å². The second-order valence-corrected chi connectivity index (χ2v) is 8.76. The molecule has 2 nitrogen and oxygen atoms in total. The molecule has 0 unspecified atom stereocenters. The Kier molecular flexibility index (Phi) is 8.67. The highest BCUT2D eigenvalue weighted by Gasteiger charge is 2.28. The highest BCUT2D eigenvalue weighted by atomic mass is 16.7. The molecule has 152 valence electrons. The zero-order chi connectivity index (χ0) is 18.9. The number of rotatable bonds is 9. The fourth-order valence-corrected chi connectivity index (χ4v) is 4.71. The van der Waals surface area contributed by atoms with E-state index in [0.717, 1.165) is 13.2 Å². The Morgan fingerprint density at radius 1 is 0.852 bits per heavy atom. The maximum absolute atomic E-state index is 6.24. The molecule has 27 heavy (non-hydrogen) atoms. The average molecular weight is 373 g/mol. The van der Waals surface area contributed by atoms with Gasteiger partial charge >= 0.3 is 0 Å². The molecule has 1 aliphatic carbocycles. The first kappa shape index (κ1) is 20.9. The van der Waals surface area contributed by atoms with Gasteiger partial charge in [-0.15, -0.1) is 0 Å². The lowest BCUT2D eigenvalue weighted by Crippen LogP contribution is -2.28. The summed E-state index contributed by atoms with van der Waals surface area (Å²) in [5.74, 6) is 1.28. The normalized spacial score (nSPS) is 24.2. The van der Waals surface area contributed by atoms with Crippen LogP contribution >= 0.6 is 0 Å². The largest absolute Gasteiger partial charge is 0.348 e. The highest BCUT2D eigenvalue weighted by molar-refractivity contribution is 5.36. The van der Waals surface area contributed by atoms with Crippen LogP contribution in [-0.4, -0.2) is 13.2 Å². The molecule has 0 N–H and O–H groups in total. The van der Waals surface area contributed by atoms with Gasteiger partial charge in [-0.3, -0.25) is 0 Å². The minimum atomic E-state index is -0.149. The second kappa shape index (κ2) is 11.2. The molecular formula is C25H40O2. The van der Waals surface area contributed by atoms with Gasteiger partial charge in [0.25, 0.3) is 0 Å². The van der Waals surface area contributed by atoms with Crippen molar-refractivity contribution in [1.82, 2.24) is 0 Å². The molecule has 0 atom stereocenters. The molecule has 1 aromatic rings. The first-order valence-electron chi connectivity index (χ1n) is 11.7. The van der Waals surface area contributed by atoms with Crippen molar-refractivity contribution in [3.63, 3.8) is 0 Å². The summed E-state index contributed by atoms with van der Waals surface area (Å²) in [5, 5.41) is 0. The highest BCUT2D eigenvalue weighted by Crippen LogP contribution is 2.39. The number of ether oxygens (including phenoxy) is 2. The molecule has 0 bridgehead atoms. The smallest absolute Gasteiger partial charge is 0.184 e. The topological polar surface area (TPSA) is 18.5 Å². The van der Waals surface area contributed by atoms with Gasteiger partial charge in [0.15, 0.2) is 6.29 Å². The van der Waals surface area contributed by atoms with Crippen molar-refractivity contribution in [3.05, 3.63) is 34.9 Å². The molecule has 0 aromatic heterocycles. The van der Waals surface area contributed by atoms with Gasteiger partial charge in [0.2, 0.25) is 0 Å². The Hall–Kier alpha value is -0.860. The standard InChI is InChI=1S/C25H40O2/c1-3-5-8-12-21-18-26-25(27-19-21)23-16-15-20(11-6-4-2)17-24(23)22-13-9-7-10-14-22/h15-17,21-22,25H,3-14,18-19H2,1-2H3/t21-,25-. The van der Waals surface area contributed by atoms with Gasteiger partial charge in [-0.25, -0.2) is 0 Å². The lowest BCUT2D eigenvalue weighted by Gasteiger charge is -2.33.